The molecule has 0 heterocycles. The average Bonchev–Trinajstić information content (AvgIpc) is 2.38. The molecule has 0 amide bonds. The minimum atomic E-state index is 0.325. The van der Waals surface area contributed by atoms with Gasteiger partial charge in [0.2, 0.25) is 0 Å². The summed E-state index contributed by atoms with van der Waals surface area (Å²) in [7, 11) is 4.26. The molecule has 0 saturated heterocycles. The van der Waals surface area contributed by atoms with Crippen LogP contribution in [0.3, 0.4) is 0 Å². The molecule has 0 aromatic heterocycles. The summed E-state index contributed by atoms with van der Waals surface area (Å²) in [6, 6.07) is 4.88. The van der Waals surface area contributed by atoms with Crippen molar-refractivity contribution in [2.45, 2.75) is 40.2 Å². The summed E-state index contributed by atoms with van der Waals surface area (Å²) < 4.78 is 0. The molecule has 1 aromatic carbocycles. The Kier molecular flexibility index (Phi) is 7.36. The van der Waals surface area contributed by atoms with E-state index in [-0.39, 0.29) is 0 Å². The molecule has 2 N–H and O–H groups in total. The molecular weight excluding hydrogens is 258 g/mol. The number of nitrogens with zero attached hydrogens (tertiary/aromatic N) is 2. The zero-order chi connectivity index (χ0) is 16.0. The number of aryl methyl sites for hydroxylation is 3. The second-order valence-electron chi connectivity index (χ2n) is 6.40. The van der Waals surface area contributed by atoms with Crippen molar-refractivity contribution in [2.75, 3.05) is 40.3 Å². The molecule has 0 aliphatic heterocycles. The highest BCUT2D eigenvalue weighted by Crippen LogP contribution is 2.27. The van der Waals surface area contributed by atoms with E-state index in [1.54, 1.807) is 0 Å². The number of likely N-dealkylation sites (N-methyl/N-ethyl adjacent to an activating group) is 1. The normalized spacial score (nSPS) is 13.2. The smallest absolute Gasteiger partial charge is 0.0476 e. The Balaban J connectivity index is 3.07. The lowest BCUT2D eigenvalue weighted by Gasteiger charge is -2.34. The number of rotatable bonds is 8. The molecule has 3 nitrogen and oxygen atoms in total. The minimum Gasteiger partial charge on any atom is -0.329 e. The molecule has 120 valence electrons. The number of nitrogens with two attached hydrogens (primary N) is 1. The third-order valence-corrected chi connectivity index (χ3v) is 4.08. The summed E-state index contributed by atoms with van der Waals surface area (Å²) in [4.78, 5) is 4.79. The zero-order valence-corrected chi connectivity index (χ0v) is 14.7. The van der Waals surface area contributed by atoms with E-state index >= 15 is 0 Å². The van der Waals surface area contributed by atoms with Gasteiger partial charge in [-0.05, 0) is 64.5 Å². The first-order valence-corrected chi connectivity index (χ1v) is 8.07. The third kappa shape index (κ3) is 5.10. The van der Waals surface area contributed by atoms with Gasteiger partial charge in [-0.1, -0.05) is 24.6 Å². The SMILES string of the molecule is CCCN(CCN(C)C)C(CN)c1c(C)cc(C)cc1C. The van der Waals surface area contributed by atoms with Gasteiger partial charge in [-0.15, -0.1) is 0 Å². The summed E-state index contributed by atoms with van der Waals surface area (Å²) >= 11 is 0. The Bertz CT molecular complexity index is 417. The van der Waals surface area contributed by atoms with Crippen LogP contribution in [-0.2, 0) is 0 Å². The molecule has 0 aliphatic rings. The van der Waals surface area contributed by atoms with Crippen molar-refractivity contribution in [3.05, 3.63) is 34.4 Å². The fourth-order valence-corrected chi connectivity index (χ4v) is 3.21. The standard InChI is InChI=1S/C18H33N3/c1-7-8-21(10-9-20(5)6)17(13-19)18-15(3)11-14(2)12-16(18)4/h11-12,17H,7-10,13,19H2,1-6H3. The number of benzene rings is 1. The van der Waals surface area contributed by atoms with Crippen LogP contribution in [0.5, 0.6) is 0 Å². The highest BCUT2D eigenvalue weighted by molar-refractivity contribution is 5.40. The highest BCUT2D eigenvalue weighted by Gasteiger charge is 2.21. The van der Waals surface area contributed by atoms with Crippen LogP contribution in [0, 0.1) is 20.8 Å². The van der Waals surface area contributed by atoms with Crippen LogP contribution >= 0.6 is 0 Å². The molecule has 0 bridgehead atoms. The van der Waals surface area contributed by atoms with Crippen LogP contribution in [0.15, 0.2) is 12.1 Å². The summed E-state index contributed by atoms with van der Waals surface area (Å²) in [5, 5.41) is 0. The maximum atomic E-state index is 6.16. The first-order chi connectivity index (χ1) is 9.90. The van der Waals surface area contributed by atoms with Gasteiger partial charge < -0.3 is 10.6 Å². The predicted molar refractivity (Wildman–Crippen MR) is 92.9 cm³/mol. The Labute approximate surface area is 131 Å². The molecule has 21 heavy (non-hydrogen) atoms. The number of hydrogen-bond acceptors (Lipinski definition) is 3. The summed E-state index contributed by atoms with van der Waals surface area (Å²) in [6.07, 6.45) is 1.16. The van der Waals surface area contributed by atoms with E-state index in [0.717, 1.165) is 26.1 Å². The molecule has 3 heteroatoms. The molecule has 0 fully saturated rings. The van der Waals surface area contributed by atoms with Gasteiger partial charge in [0.25, 0.3) is 0 Å². The van der Waals surface area contributed by atoms with Gasteiger partial charge in [0.05, 0.1) is 0 Å². The van der Waals surface area contributed by atoms with Gasteiger partial charge in [0, 0.05) is 25.7 Å². The molecule has 1 rings (SSSR count). The van der Waals surface area contributed by atoms with Crippen molar-refractivity contribution in [1.82, 2.24) is 9.80 Å². The summed E-state index contributed by atoms with van der Waals surface area (Å²) in [5.41, 5.74) is 11.7. The van der Waals surface area contributed by atoms with Crippen molar-refractivity contribution in [1.29, 1.82) is 0 Å². The maximum absolute atomic E-state index is 6.16. The van der Waals surface area contributed by atoms with E-state index in [1.807, 2.05) is 0 Å². The molecule has 0 saturated carbocycles. The molecule has 0 spiro atoms. The van der Waals surface area contributed by atoms with Crippen LogP contribution in [0.2, 0.25) is 0 Å². The highest BCUT2D eigenvalue weighted by atomic mass is 15.2. The zero-order valence-electron chi connectivity index (χ0n) is 14.7. The van der Waals surface area contributed by atoms with Crippen LogP contribution in [0.25, 0.3) is 0 Å². The van der Waals surface area contributed by atoms with E-state index in [4.69, 9.17) is 5.73 Å². The quantitative estimate of drug-likeness (QED) is 0.799. The van der Waals surface area contributed by atoms with E-state index in [2.05, 4.69) is 63.7 Å². The molecular formula is C18H33N3. The first kappa shape index (κ1) is 18.1. The second-order valence-corrected chi connectivity index (χ2v) is 6.40. The monoisotopic (exact) mass is 291 g/mol. The fourth-order valence-electron chi connectivity index (χ4n) is 3.21. The average molecular weight is 291 g/mol. The first-order valence-electron chi connectivity index (χ1n) is 8.07. The molecule has 0 aliphatic carbocycles. The minimum absolute atomic E-state index is 0.325. The van der Waals surface area contributed by atoms with Crippen molar-refractivity contribution >= 4 is 0 Å². The molecule has 1 unspecified atom stereocenters. The molecule has 1 atom stereocenters. The Morgan fingerprint density at radius 3 is 2.00 bits per heavy atom. The van der Waals surface area contributed by atoms with Crippen LogP contribution in [0.1, 0.15) is 41.6 Å². The molecule has 1 aromatic rings. The van der Waals surface area contributed by atoms with Crippen molar-refractivity contribution in [2.24, 2.45) is 5.73 Å². The van der Waals surface area contributed by atoms with Gasteiger partial charge in [0.1, 0.15) is 0 Å². The topological polar surface area (TPSA) is 32.5 Å². The van der Waals surface area contributed by atoms with Gasteiger partial charge in [0.15, 0.2) is 0 Å². The fraction of sp³-hybridized carbons (Fsp3) is 0.667. The Morgan fingerprint density at radius 2 is 1.57 bits per heavy atom. The lowest BCUT2D eigenvalue weighted by atomic mass is 9.93. The van der Waals surface area contributed by atoms with Crippen molar-refractivity contribution in [3.63, 3.8) is 0 Å². The van der Waals surface area contributed by atoms with Gasteiger partial charge >= 0.3 is 0 Å². The number of hydrogen-bond donors (Lipinski definition) is 1. The van der Waals surface area contributed by atoms with E-state index < -0.39 is 0 Å². The lowest BCUT2D eigenvalue weighted by Crippen LogP contribution is -2.39. The van der Waals surface area contributed by atoms with Crippen molar-refractivity contribution in [3.8, 4) is 0 Å². The lowest BCUT2D eigenvalue weighted by molar-refractivity contribution is 0.181. The van der Waals surface area contributed by atoms with E-state index in [9.17, 15) is 0 Å². The largest absolute Gasteiger partial charge is 0.329 e. The van der Waals surface area contributed by atoms with Crippen LogP contribution < -0.4 is 5.73 Å². The van der Waals surface area contributed by atoms with Gasteiger partial charge in [-0.25, -0.2) is 0 Å². The van der Waals surface area contributed by atoms with Crippen molar-refractivity contribution < 1.29 is 0 Å². The second kappa shape index (κ2) is 8.52. The summed E-state index contributed by atoms with van der Waals surface area (Å²) in [5.74, 6) is 0. The van der Waals surface area contributed by atoms with Gasteiger partial charge in [-0.2, -0.15) is 0 Å². The summed E-state index contributed by atoms with van der Waals surface area (Å²) in [6.45, 7) is 12.8. The molecule has 0 radical (unpaired) electrons. The third-order valence-electron chi connectivity index (χ3n) is 4.08. The maximum Gasteiger partial charge on any atom is 0.0476 e. The van der Waals surface area contributed by atoms with E-state index in [0.29, 0.717) is 12.6 Å². The van der Waals surface area contributed by atoms with Crippen LogP contribution in [0.4, 0.5) is 0 Å². The van der Waals surface area contributed by atoms with Crippen LogP contribution in [-0.4, -0.2) is 50.1 Å². The predicted octanol–water partition coefficient (Wildman–Crippen LogP) is 2.89. The Morgan fingerprint density at radius 1 is 1.00 bits per heavy atom. The Hall–Kier alpha value is -0.900. The van der Waals surface area contributed by atoms with E-state index in [1.165, 1.54) is 22.3 Å². The van der Waals surface area contributed by atoms with Gasteiger partial charge in [-0.3, -0.25) is 4.90 Å².